The Morgan fingerprint density at radius 3 is 2.90 bits per heavy atom. The Morgan fingerprint density at radius 2 is 2.25 bits per heavy atom. The standard InChI is InChI=1S/C15H21N3O2/c1-11-3-4-14(18(19)20)13(9-11)17-12-5-8-16-15(10-12)6-2-7-15/h3-4,9,12,16-17H,2,5-8,10H2,1H3. The Balaban J connectivity index is 1.76. The molecule has 5 nitrogen and oxygen atoms in total. The van der Waals surface area contributed by atoms with E-state index < -0.39 is 0 Å². The van der Waals surface area contributed by atoms with Crippen LogP contribution in [0.1, 0.15) is 37.7 Å². The van der Waals surface area contributed by atoms with Crippen LogP contribution in [0.15, 0.2) is 18.2 Å². The number of nitro benzene ring substituents is 1. The summed E-state index contributed by atoms with van der Waals surface area (Å²) in [5, 5.41) is 18.2. The quantitative estimate of drug-likeness (QED) is 0.657. The monoisotopic (exact) mass is 275 g/mol. The van der Waals surface area contributed by atoms with Gasteiger partial charge in [0.1, 0.15) is 5.69 Å². The summed E-state index contributed by atoms with van der Waals surface area (Å²) in [7, 11) is 0. The predicted molar refractivity (Wildman–Crippen MR) is 79.1 cm³/mol. The molecule has 2 N–H and O–H groups in total. The first kappa shape index (κ1) is 13.4. The van der Waals surface area contributed by atoms with Crippen molar-refractivity contribution < 1.29 is 4.92 Å². The van der Waals surface area contributed by atoms with Crippen LogP contribution in [0.5, 0.6) is 0 Å². The molecular weight excluding hydrogens is 254 g/mol. The van der Waals surface area contributed by atoms with Gasteiger partial charge in [0, 0.05) is 17.6 Å². The van der Waals surface area contributed by atoms with E-state index in [1.54, 1.807) is 12.1 Å². The topological polar surface area (TPSA) is 67.2 Å². The number of aryl methyl sites for hydroxylation is 1. The first-order valence-corrected chi connectivity index (χ1v) is 7.35. The molecule has 1 saturated carbocycles. The van der Waals surface area contributed by atoms with Crippen molar-refractivity contribution in [3.63, 3.8) is 0 Å². The zero-order chi connectivity index (χ0) is 14.2. The Hall–Kier alpha value is -1.62. The van der Waals surface area contributed by atoms with Crippen LogP contribution in [0.2, 0.25) is 0 Å². The molecular formula is C15H21N3O2. The van der Waals surface area contributed by atoms with Gasteiger partial charge in [-0.2, -0.15) is 0 Å². The molecule has 1 aliphatic heterocycles. The number of nitrogens with one attached hydrogen (secondary N) is 2. The number of anilines is 1. The van der Waals surface area contributed by atoms with E-state index in [0.29, 0.717) is 17.3 Å². The summed E-state index contributed by atoms with van der Waals surface area (Å²) in [6.07, 6.45) is 5.86. The molecule has 1 heterocycles. The summed E-state index contributed by atoms with van der Waals surface area (Å²) < 4.78 is 0. The smallest absolute Gasteiger partial charge is 0.292 e. The third-order valence-corrected chi connectivity index (χ3v) is 4.65. The highest BCUT2D eigenvalue weighted by atomic mass is 16.6. The highest BCUT2D eigenvalue weighted by Crippen LogP contribution is 2.39. The number of nitro groups is 1. The normalized spacial score (nSPS) is 24.1. The number of hydrogen-bond donors (Lipinski definition) is 2. The first-order valence-electron chi connectivity index (χ1n) is 7.35. The highest BCUT2D eigenvalue weighted by Gasteiger charge is 2.41. The fraction of sp³-hybridized carbons (Fsp3) is 0.600. The minimum atomic E-state index is -0.304. The fourth-order valence-corrected chi connectivity index (χ4v) is 3.41. The molecule has 0 bridgehead atoms. The van der Waals surface area contributed by atoms with Crippen LogP contribution in [-0.4, -0.2) is 23.0 Å². The summed E-state index contributed by atoms with van der Waals surface area (Å²) in [6, 6.07) is 5.60. The van der Waals surface area contributed by atoms with Crippen molar-refractivity contribution in [2.45, 2.75) is 50.6 Å². The van der Waals surface area contributed by atoms with E-state index in [4.69, 9.17) is 0 Å². The Morgan fingerprint density at radius 1 is 1.45 bits per heavy atom. The van der Waals surface area contributed by atoms with Gasteiger partial charge in [0.2, 0.25) is 0 Å². The van der Waals surface area contributed by atoms with Crippen LogP contribution in [0.3, 0.4) is 0 Å². The zero-order valence-electron chi connectivity index (χ0n) is 11.8. The molecule has 20 heavy (non-hydrogen) atoms. The number of piperidine rings is 1. The van der Waals surface area contributed by atoms with Crippen LogP contribution < -0.4 is 10.6 Å². The largest absolute Gasteiger partial charge is 0.377 e. The van der Waals surface area contributed by atoms with Crippen LogP contribution in [0.4, 0.5) is 11.4 Å². The van der Waals surface area contributed by atoms with E-state index in [1.807, 2.05) is 13.0 Å². The van der Waals surface area contributed by atoms with Gasteiger partial charge in [-0.1, -0.05) is 6.07 Å². The lowest BCUT2D eigenvalue weighted by Crippen LogP contribution is -2.58. The Bertz CT molecular complexity index is 526. The maximum absolute atomic E-state index is 11.1. The van der Waals surface area contributed by atoms with Crippen molar-refractivity contribution in [3.8, 4) is 0 Å². The summed E-state index contributed by atoms with van der Waals surface area (Å²) in [5.74, 6) is 0. The number of rotatable bonds is 3. The molecule has 0 amide bonds. The van der Waals surface area contributed by atoms with Gasteiger partial charge in [-0.3, -0.25) is 10.1 Å². The van der Waals surface area contributed by atoms with E-state index in [9.17, 15) is 10.1 Å². The Kier molecular flexibility index (Phi) is 3.38. The van der Waals surface area contributed by atoms with Crippen LogP contribution in [-0.2, 0) is 0 Å². The lowest BCUT2D eigenvalue weighted by Gasteiger charge is -2.48. The van der Waals surface area contributed by atoms with Crippen LogP contribution in [0.25, 0.3) is 0 Å². The molecule has 1 aromatic carbocycles. The average Bonchev–Trinajstić information content (AvgIpc) is 2.37. The summed E-state index contributed by atoms with van der Waals surface area (Å²) in [6.45, 7) is 2.96. The molecule has 2 aliphatic rings. The van der Waals surface area contributed by atoms with Crippen molar-refractivity contribution in [2.75, 3.05) is 11.9 Å². The zero-order valence-corrected chi connectivity index (χ0v) is 11.8. The summed E-state index contributed by atoms with van der Waals surface area (Å²) in [4.78, 5) is 10.8. The minimum absolute atomic E-state index is 0.178. The summed E-state index contributed by atoms with van der Waals surface area (Å²) >= 11 is 0. The Labute approximate surface area is 118 Å². The molecule has 1 atom stereocenters. The second-order valence-corrected chi connectivity index (χ2v) is 6.17. The van der Waals surface area contributed by atoms with E-state index in [2.05, 4.69) is 10.6 Å². The summed E-state index contributed by atoms with van der Waals surface area (Å²) in [5.41, 5.74) is 2.19. The molecule has 1 unspecified atom stereocenters. The van der Waals surface area contributed by atoms with E-state index in [1.165, 1.54) is 19.3 Å². The maximum atomic E-state index is 11.1. The third-order valence-electron chi connectivity index (χ3n) is 4.65. The fourth-order valence-electron chi connectivity index (χ4n) is 3.41. The van der Waals surface area contributed by atoms with Gasteiger partial charge in [0.25, 0.3) is 5.69 Å². The lowest BCUT2D eigenvalue weighted by molar-refractivity contribution is -0.384. The second kappa shape index (κ2) is 5.05. The van der Waals surface area contributed by atoms with Gasteiger partial charge in [-0.25, -0.2) is 0 Å². The van der Waals surface area contributed by atoms with Crippen LogP contribution in [0, 0.1) is 17.0 Å². The second-order valence-electron chi connectivity index (χ2n) is 6.17. The molecule has 3 rings (SSSR count). The van der Waals surface area contributed by atoms with Crippen molar-refractivity contribution in [1.29, 1.82) is 0 Å². The van der Waals surface area contributed by atoms with Gasteiger partial charge in [-0.15, -0.1) is 0 Å². The average molecular weight is 275 g/mol. The van der Waals surface area contributed by atoms with Gasteiger partial charge in [0.15, 0.2) is 0 Å². The lowest BCUT2D eigenvalue weighted by atomic mass is 9.70. The van der Waals surface area contributed by atoms with Crippen molar-refractivity contribution in [2.24, 2.45) is 0 Å². The van der Waals surface area contributed by atoms with Crippen LogP contribution >= 0.6 is 0 Å². The molecule has 1 aliphatic carbocycles. The van der Waals surface area contributed by atoms with E-state index in [0.717, 1.165) is 24.9 Å². The third kappa shape index (κ3) is 2.50. The first-order chi connectivity index (χ1) is 9.58. The minimum Gasteiger partial charge on any atom is -0.377 e. The van der Waals surface area contributed by atoms with Gasteiger partial charge >= 0.3 is 0 Å². The number of nitrogens with zero attached hydrogens (tertiary/aromatic N) is 1. The van der Waals surface area contributed by atoms with Gasteiger partial charge in [0.05, 0.1) is 4.92 Å². The predicted octanol–water partition coefficient (Wildman–Crippen LogP) is 2.99. The molecule has 1 saturated heterocycles. The highest BCUT2D eigenvalue weighted by molar-refractivity contribution is 5.63. The molecule has 5 heteroatoms. The van der Waals surface area contributed by atoms with E-state index in [-0.39, 0.29) is 10.6 Å². The molecule has 108 valence electrons. The van der Waals surface area contributed by atoms with Gasteiger partial charge in [-0.05, 0) is 57.2 Å². The molecule has 1 spiro atoms. The van der Waals surface area contributed by atoms with Crippen molar-refractivity contribution >= 4 is 11.4 Å². The molecule has 2 fully saturated rings. The SMILES string of the molecule is Cc1ccc([N+](=O)[O-])c(NC2CCNC3(CCC3)C2)c1. The maximum Gasteiger partial charge on any atom is 0.292 e. The van der Waals surface area contributed by atoms with Crippen molar-refractivity contribution in [3.05, 3.63) is 33.9 Å². The van der Waals surface area contributed by atoms with Crippen molar-refractivity contribution in [1.82, 2.24) is 5.32 Å². The molecule has 1 aromatic rings. The molecule has 0 radical (unpaired) electrons. The number of benzene rings is 1. The molecule has 0 aromatic heterocycles. The van der Waals surface area contributed by atoms with Gasteiger partial charge < -0.3 is 10.6 Å². The van der Waals surface area contributed by atoms with E-state index >= 15 is 0 Å². The number of hydrogen-bond acceptors (Lipinski definition) is 4.